The van der Waals surface area contributed by atoms with Gasteiger partial charge in [-0.05, 0) is 19.1 Å². The van der Waals surface area contributed by atoms with Gasteiger partial charge in [-0.2, -0.15) is 18.2 Å². The molecule has 6 nitrogen and oxygen atoms in total. The van der Waals surface area contributed by atoms with Gasteiger partial charge in [0.05, 0.1) is 11.3 Å². The van der Waals surface area contributed by atoms with E-state index in [1.54, 1.807) is 0 Å². The highest BCUT2D eigenvalue weighted by atomic mass is 32.2. The van der Waals surface area contributed by atoms with E-state index in [2.05, 4.69) is 25.7 Å². The van der Waals surface area contributed by atoms with E-state index in [9.17, 15) is 13.2 Å². The van der Waals surface area contributed by atoms with Gasteiger partial charge in [-0.1, -0.05) is 40.4 Å². The van der Waals surface area contributed by atoms with Crippen LogP contribution in [0.3, 0.4) is 0 Å². The second kappa shape index (κ2) is 7.40. The normalized spacial score (nSPS) is 11.7. The molecule has 3 rings (SSSR count). The fourth-order valence-electron chi connectivity index (χ4n) is 1.88. The maximum atomic E-state index is 12.8. The lowest BCUT2D eigenvalue weighted by Gasteiger charge is -2.06. The van der Waals surface area contributed by atoms with Gasteiger partial charge in [-0.15, -0.1) is 10.2 Å². The minimum atomic E-state index is -4.42. The zero-order valence-corrected chi connectivity index (χ0v) is 14.5. The summed E-state index contributed by atoms with van der Waals surface area (Å²) in [5.74, 6) is 0.775. The van der Waals surface area contributed by atoms with Gasteiger partial charge in [-0.3, -0.25) is 0 Å². The highest BCUT2D eigenvalue weighted by molar-refractivity contribution is 8.00. The lowest BCUT2D eigenvalue weighted by Crippen LogP contribution is -2.04. The molecule has 25 heavy (non-hydrogen) atoms. The molecular formula is C14H12F3N5OS2. The van der Waals surface area contributed by atoms with E-state index in [1.807, 2.05) is 6.92 Å². The molecule has 1 aromatic carbocycles. The van der Waals surface area contributed by atoms with E-state index in [1.165, 1.54) is 35.2 Å². The molecule has 0 fully saturated rings. The number of hydrogen-bond donors (Lipinski definition) is 1. The van der Waals surface area contributed by atoms with Crippen molar-refractivity contribution in [3.05, 3.63) is 35.7 Å². The summed E-state index contributed by atoms with van der Waals surface area (Å²) in [5, 5.41) is 15.5. The Hall–Kier alpha value is -2.14. The summed E-state index contributed by atoms with van der Waals surface area (Å²) in [4.78, 5) is 4.14. The third-order valence-electron chi connectivity index (χ3n) is 2.97. The van der Waals surface area contributed by atoms with Crippen molar-refractivity contribution in [1.82, 2.24) is 20.3 Å². The average molecular weight is 387 g/mol. The Kier molecular flexibility index (Phi) is 5.23. The number of thioether (sulfide) groups is 1. The van der Waals surface area contributed by atoms with Crippen LogP contribution >= 0.6 is 23.1 Å². The Morgan fingerprint density at radius 3 is 2.88 bits per heavy atom. The fraction of sp³-hybridized carbons (Fsp3) is 0.286. The summed E-state index contributed by atoms with van der Waals surface area (Å²) in [6.45, 7) is 2.71. The summed E-state index contributed by atoms with van der Waals surface area (Å²) in [5.41, 5.74) is -0.504. The molecule has 0 spiro atoms. The molecule has 0 saturated heterocycles. The molecule has 3 aromatic rings. The summed E-state index contributed by atoms with van der Waals surface area (Å²) < 4.78 is 44.1. The second-order valence-corrected chi connectivity index (χ2v) is 6.98. The third kappa shape index (κ3) is 4.48. The van der Waals surface area contributed by atoms with Gasteiger partial charge in [0.2, 0.25) is 16.8 Å². The van der Waals surface area contributed by atoms with Gasteiger partial charge in [0.1, 0.15) is 0 Å². The summed E-state index contributed by atoms with van der Waals surface area (Å²) >= 11 is 2.76. The molecule has 0 unspecified atom stereocenters. The molecule has 11 heteroatoms. The molecule has 0 atom stereocenters. The molecule has 0 aliphatic heterocycles. The predicted molar refractivity (Wildman–Crippen MR) is 88.4 cm³/mol. The van der Waals surface area contributed by atoms with Crippen molar-refractivity contribution in [2.75, 3.05) is 11.9 Å². The smallest absolute Gasteiger partial charge is 0.360 e. The van der Waals surface area contributed by atoms with Crippen LogP contribution in [0.2, 0.25) is 0 Å². The van der Waals surface area contributed by atoms with Crippen LogP contribution in [0.4, 0.5) is 18.3 Å². The number of benzene rings is 1. The van der Waals surface area contributed by atoms with E-state index >= 15 is 0 Å². The molecular weight excluding hydrogens is 375 g/mol. The first kappa shape index (κ1) is 17.7. The van der Waals surface area contributed by atoms with Crippen LogP contribution in [0.25, 0.3) is 11.4 Å². The maximum absolute atomic E-state index is 12.8. The number of nitrogens with zero attached hydrogens (tertiary/aromatic N) is 4. The number of hydrogen-bond acceptors (Lipinski definition) is 8. The summed E-state index contributed by atoms with van der Waals surface area (Å²) in [7, 11) is 0. The van der Waals surface area contributed by atoms with Crippen molar-refractivity contribution in [1.29, 1.82) is 0 Å². The number of rotatable bonds is 6. The first-order valence-corrected chi connectivity index (χ1v) is 8.96. The van der Waals surface area contributed by atoms with Crippen LogP contribution in [-0.2, 0) is 11.9 Å². The van der Waals surface area contributed by atoms with Gasteiger partial charge >= 0.3 is 6.18 Å². The average Bonchev–Trinajstić information content (AvgIpc) is 3.22. The van der Waals surface area contributed by atoms with Crippen LogP contribution in [0.15, 0.2) is 33.1 Å². The Bertz CT molecular complexity index is 849. The Morgan fingerprint density at radius 1 is 1.28 bits per heavy atom. The van der Waals surface area contributed by atoms with Gasteiger partial charge < -0.3 is 9.84 Å². The minimum absolute atomic E-state index is 0.118. The van der Waals surface area contributed by atoms with Crippen LogP contribution in [0, 0.1) is 0 Å². The summed E-state index contributed by atoms with van der Waals surface area (Å²) in [6, 6.07) is 4.81. The SMILES string of the molecule is CCNc1nnc(SCc2nc(-c3cccc(C(F)(F)F)c3)no2)s1. The van der Waals surface area contributed by atoms with Crippen molar-refractivity contribution in [3.63, 3.8) is 0 Å². The molecule has 0 bridgehead atoms. The van der Waals surface area contributed by atoms with Crippen LogP contribution in [0.5, 0.6) is 0 Å². The Morgan fingerprint density at radius 2 is 2.12 bits per heavy atom. The zero-order valence-electron chi connectivity index (χ0n) is 12.9. The molecule has 0 aliphatic rings. The topological polar surface area (TPSA) is 76.7 Å². The lowest BCUT2D eigenvalue weighted by atomic mass is 10.1. The van der Waals surface area contributed by atoms with Crippen molar-refractivity contribution >= 4 is 28.2 Å². The van der Waals surface area contributed by atoms with Crippen LogP contribution in [0.1, 0.15) is 18.4 Å². The molecule has 0 radical (unpaired) electrons. The Labute approximate surface area is 148 Å². The zero-order chi connectivity index (χ0) is 17.9. The van der Waals surface area contributed by atoms with Crippen molar-refractivity contribution in [2.45, 2.75) is 23.2 Å². The first-order valence-electron chi connectivity index (χ1n) is 7.16. The van der Waals surface area contributed by atoms with E-state index in [0.29, 0.717) is 11.6 Å². The Balaban J connectivity index is 1.68. The fourth-order valence-corrected chi connectivity index (χ4v) is 3.54. The largest absolute Gasteiger partial charge is 0.416 e. The lowest BCUT2D eigenvalue weighted by molar-refractivity contribution is -0.137. The molecule has 132 valence electrons. The van der Waals surface area contributed by atoms with Gasteiger partial charge in [0, 0.05) is 12.1 Å². The van der Waals surface area contributed by atoms with E-state index in [0.717, 1.165) is 28.1 Å². The quantitative estimate of drug-likeness (QED) is 0.631. The third-order valence-corrected chi connectivity index (χ3v) is 4.97. The van der Waals surface area contributed by atoms with E-state index < -0.39 is 11.7 Å². The molecule has 2 aromatic heterocycles. The van der Waals surface area contributed by atoms with Crippen molar-refractivity contribution < 1.29 is 17.7 Å². The molecule has 0 aliphatic carbocycles. The number of halogens is 3. The number of alkyl halides is 3. The second-order valence-electron chi connectivity index (χ2n) is 4.78. The molecule has 1 N–H and O–H groups in total. The monoisotopic (exact) mass is 387 g/mol. The minimum Gasteiger partial charge on any atom is -0.360 e. The van der Waals surface area contributed by atoms with Gasteiger partial charge in [-0.25, -0.2) is 0 Å². The van der Waals surface area contributed by atoms with Crippen molar-refractivity contribution in [3.8, 4) is 11.4 Å². The maximum Gasteiger partial charge on any atom is 0.416 e. The highest BCUT2D eigenvalue weighted by Crippen LogP contribution is 2.32. The number of nitrogens with one attached hydrogen (secondary N) is 1. The standard InChI is InChI=1S/C14H12F3N5OS2/c1-2-18-12-20-21-13(25-12)24-7-10-19-11(22-23-10)8-4-3-5-9(6-8)14(15,16)17/h3-6H,2,7H2,1H3,(H,18,20). The highest BCUT2D eigenvalue weighted by Gasteiger charge is 2.30. The number of anilines is 1. The molecule has 2 heterocycles. The van der Waals surface area contributed by atoms with E-state index in [4.69, 9.17) is 4.52 Å². The molecule has 0 amide bonds. The van der Waals surface area contributed by atoms with Gasteiger partial charge in [0.15, 0.2) is 4.34 Å². The van der Waals surface area contributed by atoms with Crippen LogP contribution < -0.4 is 5.32 Å². The summed E-state index contributed by atoms with van der Waals surface area (Å²) in [6.07, 6.45) is -4.42. The van der Waals surface area contributed by atoms with Gasteiger partial charge in [0.25, 0.3) is 0 Å². The van der Waals surface area contributed by atoms with Crippen LogP contribution in [-0.4, -0.2) is 26.9 Å². The first-order chi connectivity index (χ1) is 12.0. The van der Waals surface area contributed by atoms with Crippen molar-refractivity contribution in [2.24, 2.45) is 0 Å². The molecule has 0 saturated carbocycles. The van der Waals surface area contributed by atoms with E-state index in [-0.39, 0.29) is 11.4 Å². The number of aromatic nitrogens is 4. The predicted octanol–water partition coefficient (Wildman–Crippen LogP) is 4.33.